The number of carboxylic acid groups (broad SMARTS) is 1. The molecule has 0 atom stereocenters. The van der Waals surface area contributed by atoms with Crippen LogP contribution in [0.15, 0.2) is 36.4 Å². The van der Waals surface area contributed by atoms with Crippen LogP contribution in [0, 0.1) is 23.2 Å². The summed E-state index contributed by atoms with van der Waals surface area (Å²) in [6, 6.07) is 13.0. The molecule has 1 saturated carbocycles. The van der Waals surface area contributed by atoms with E-state index in [1.54, 1.807) is 30.3 Å². The molecule has 7 rings (SSSR count). The average Bonchev–Trinajstić information content (AvgIpc) is 3.66. The molecule has 0 spiro atoms. The highest BCUT2D eigenvalue weighted by molar-refractivity contribution is 6.36. The van der Waals surface area contributed by atoms with E-state index in [1.165, 1.54) is 0 Å². The summed E-state index contributed by atoms with van der Waals surface area (Å²) in [5, 5.41) is 22.9. The van der Waals surface area contributed by atoms with Crippen molar-refractivity contribution in [3.63, 3.8) is 0 Å². The smallest absolute Gasteiger partial charge is 0.306 e. The number of anilines is 1. The zero-order valence-corrected chi connectivity index (χ0v) is 31.2. The summed E-state index contributed by atoms with van der Waals surface area (Å²) < 4.78 is 3.74. The van der Waals surface area contributed by atoms with Gasteiger partial charge in [0, 0.05) is 82.1 Å². The first kappa shape index (κ1) is 36.5. The first-order valence-electron chi connectivity index (χ1n) is 18.4. The van der Waals surface area contributed by atoms with E-state index in [9.17, 15) is 24.8 Å². The average molecular weight is 737 g/mol. The quantitative estimate of drug-likeness (QED) is 0.197. The van der Waals surface area contributed by atoms with Crippen molar-refractivity contribution in [1.82, 2.24) is 28.9 Å². The van der Waals surface area contributed by atoms with Gasteiger partial charge < -0.3 is 24.5 Å². The highest BCUT2D eigenvalue weighted by atomic mass is 35.5. The van der Waals surface area contributed by atoms with Crippen LogP contribution in [-0.2, 0) is 51.2 Å². The molecule has 53 heavy (non-hydrogen) atoms. The predicted octanol–water partition coefficient (Wildman–Crippen LogP) is 5.65. The molecular weight excluding hydrogens is 692 g/mol. The lowest BCUT2D eigenvalue weighted by molar-refractivity contribution is -0.143. The van der Waals surface area contributed by atoms with Crippen molar-refractivity contribution >= 4 is 34.9 Å². The van der Waals surface area contributed by atoms with Crippen LogP contribution < -0.4 is 5.32 Å². The second kappa shape index (κ2) is 15.3. The van der Waals surface area contributed by atoms with Gasteiger partial charge >= 0.3 is 5.97 Å². The van der Waals surface area contributed by atoms with E-state index in [-0.39, 0.29) is 29.1 Å². The molecule has 0 bridgehead atoms. The Balaban J connectivity index is 1.04. The van der Waals surface area contributed by atoms with Crippen molar-refractivity contribution in [3.8, 4) is 17.2 Å². The molecule has 1 aliphatic carbocycles. The minimum atomic E-state index is -0.673. The molecule has 3 aliphatic rings. The summed E-state index contributed by atoms with van der Waals surface area (Å²) in [6.07, 6.45) is 6.10. The Bertz CT molecular complexity index is 2120. The zero-order valence-electron chi connectivity index (χ0n) is 30.5. The van der Waals surface area contributed by atoms with Crippen molar-refractivity contribution in [2.75, 3.05) is 32.0 Å². The van der Waals surface area contributed by atoms with E-state index < -0.39 is 5.97 Å². The summed E-state index contributed by atoms with van der Waals surface area (Å²) >= 11 is 6.96. The number of nitriles is 1. The van der Waals surface area contributed by atoms with Crippen molar-refractivity contribution in [3.05, 3.63) is 87.0 Å². The van der Waals surface area contributed by atoms with Crippen LogP contribution in [-0.4, -0.2) is 78.4 Å². The summed E-state index contributed by atoms with van der Waals surface area (Å²) in [4.78, 5) is 52.6. The number of nitrogens with one attached hydrogen (secondary N) is 1. The van der Waals surface area contributed by atoms with Gasteiger partial charge in [-0.25, -0.2) is 9.97 Å². The number of Topliss-reactive ketones (excluding diaryl/α,β-unsaturated/α-hetero) is 1. The maximum Gasteiger partial charge on any atom is 0.306 e. The zero-order chi connectivity index (χ0) is 37.4. The number of nitrogens with zero attached hydrogens (tertiary/aromatic N) is 7. The third kappa shape index (κ3) is 7.38. The number of carbonyl (C=O) groups excluding carboxylic acids is 2. The molecule has 2 N–H and O–H groups in total. The van der Waals surface area contributed by atoms with Crippen LogP contribution in [0.4, 0.5) is 5.69 Å². The SMILES string of the molecule is CN1CCc2c(nc(C(=O)Cc3cccc(-c4cccc(NC(=O)c5nc6c(n5C)CCN(CCC5CCC(C(=O)O)CC5)C6)c4Cl)c3C#N)n2C)C1. The summed E-state index contributed by atoms with van der Waals surface area (Å²) in [5.41, 5.74) is 6.38. The van der Waals surface area contributed by atoms with Crippen LogP contribution >= 0.6 is 11.6 Å². The molecule has 12 nitrogen and oxygen atoms in total. The number of amides is 1. The summed E-state index contributed by atoms with van der Waals surface area (Å²) in [7, 11) is 5.77. The van der Waals surface area contributed by atoms with Gasteiger partial charge in [0.2, 0.25) is 5.78 Å². The van der Waals surface area contributed by atoms with E-state index in [1.807, 2.05) is 36.3 Å². The number of fused-ring (bicyclic) bond motifs is 2. The number of ketones is 1. The number of benzene rings is 2. The number of aromatic nitrogens is 4. The van der Waals surface area contributed by atoms with Crippen molar-refractivity contribution in [1.29, 1.82) is 5.26 Å². The Labute approximate surface area is 314 Å². The normalized spacial score (nSPS) is 18.9. The van der Waals surface area contributed by atoms with Crippen LogP contribution in [0.5, 0.6) is 0 Å². The number of aliphatic carboxylic acids is 1. The van der Waals surface area contributed by atoms with Gasteiger partial charge in [0.05, 0.1) is 33.6 Å². The Hall–Kier alpha value is -4.83. The second-order valence-corrected chi connectivity index (χ2v) is 15.2. The van der Waals surface area contributed by atoms with Crippen LogP contribution in [0.1, 0.15) is 87.2 Å². The lowest BCUT2D eigenvalue weighted by atomic mass is 9.80. The molecule has 276 valence electrons. The van der Waals surface area contributed by atoms with Crippen LogP contribution in [0.2, 0.25) is 5.02 Å². The molecular formula is C40H45ClN8O4. The monoisotopic (exact) mass is 736 g/mol. The molecule has 0 unspecified atom stereocenters. The van der Waals surface area contributed by atoms with Crippen LogP contribution in [0.3, 0.4) is 0 Å². The Morgan fingerprint density at radius 2 is 1.57 bits per heavy atom. The molecule has 4 aromatic rings. The van der Waals surface area contributed by atoms with Crippen molar-refractivity contribution in [2.24, 2.45) is 25.9 Å². The van der Waals surface area contributed by atoms with Gasteiger partial charge in [0.1, 0.15) is 6.07 Å². The Kier molecular flexibility index (Phi) is 10.5. The third-order valence-corrected chi connectivity index (χ3v) is 11.8. The minimum Gasteiger partial charge on any atom is -0.481 e. The standard InChI is InChI=1S/C40H45ClN8O4/c1-46-17-15-33-31(22-46)43-37(47(33)2)35(50)20-26-6-4-7-27(29(26)21-42)28-8-5-9-30(36(28)41)45-39(51)38-44-32-23-49(19-16-34(32)48(38)3)18-14-24-10-12-25(13-11-24)40(52)53/h4-9,24-25H,10-20,22-23H2,1-3H3,(H,45,51)(H,52,53). The maximum atomic E-state index is 13.7. The summed E-state index contributed by atoms with van der Waals surface area (Å²) in [6.45, 7) is 4.06. The van der Waals surface area contributed by atoms with E-state index in [0.29, 0.717) is 58.6 Å². The fourth-order valence-corrected chi connectivity index (χ4v) is 8.59. The van der Waals surface area contributed by atoms with Crippen LogP contribution in [0.25, 0.3) is 11.1 Å². The van der Waals surface area contributed by atoms with Gasteiger partial charge in [0.15, 0.2) is 11.6 Å². The van der Waals surface area contributed by atoms with E-state index in [0.717, 1.165) is 87.4 Å². The molecule has 2 aliphatic heterocycles. The number of hydrogen-bond acceptors (Lipinski definition) is 8. The van der Waals surface area contributed by atoms with E-state index in [2.05, 4.69) is 26.2 Å². The minimum absolute atomic E-state index is 0.0133. The number of imidazole rings is 2. The first-order chi connectivity index (χ1) is 25.5. The number of halogens is 1. The highest BCUT2D eigenvalue weighted by Crippen LogP contribution is 2.37. The number of carboxylic acids is 1. The van der Waals surface area contributed by atoms with Gasteiger partial charge in [-0.3, -0.25) is 19.3 Å². The molecule has 2 aromatic carbocycles. The summed E-state index contributed by atoms with van der Waals surface area (Å²) in [5.74, 6) is -0.181. The number of rotatable bonds is 10. The Morgan fingerprint density at radius 1 is 0.906 bits per heavy atom. The predicted molar refractivity (Wildman–Crippen MR) is 201 cm³/mol. The fraction of sp³-hybridized carbons (Fsp3) is 0.450. The van der Waals surface area contributed by atoms with Gasteiger partial charge in [-0.1, -0.05) is 41.9 Å². The van der Waals surface area contributed by atoms with Crippen molar-refractivity contribution < 1.29 is 19.5 Å². The van der Waals surface area contributed by atoms with E-state index >= 15 is 0 Å². The Morgan fingerprint density at radius 3 is 2.30 bits per heavy atom. The van der Waals surface area contributed by atoms with Crippen molar-refractivity contribution in [2.45, 2.75) is 64.5 Å². The molecule has 4 heterocycles. The number of hydrogen-bond donors (Lipinski definition) is 2. The molecule has 13 heteroatoms. The largest absolute Gasteiger partial charge is 0.481 e. The highest BCUT2D eigenvalue weighted by Gasteiger charge is 2.30. The number of carbonyl (C=O) groups is 3. The fourth-order valence-electron chi connectivity index (χ4n) is 8.32. The topological polar surface area (TPSA) is 149 Å². The molecule has 0 radical (unpaired) electrons. The van der Waals surface area contributed by atoms with E-state index in [4.69, 9.17) is 16.6 Å². The lowest BCUT2D eigenvalue weighted by Crippen LogP contribution is -2.33. The molecule has 1 fully saturated rings. The third-order valence-electron chi connectivity index (χ3n) is 11.4. The lowest BCUT2D eigenvalue weighted by Gasteiger charge is -2.30. The van der Waals surface area contributed by atoms with Gasteiger partial charge in [0.25, 0.3) is 5.91 Å². The maximum absolute atomic E-state index is 13.7. The number of likely N-dealkylation sites (N-methyl/N-ethyl adjacent to an activating group) is 1. The molecule has 1 amide bonds. The first-order valence-corrected chi connectivity index (χ1v) is 18.8. The molecule has 0 saturated heterocycles. The van der Waals surface area contributed by atoms with Gasteiger partial charge in [-0.05, 0) is 63.2 Å². The molecule has 2 aromatic heterocycles. The second-order valence-electron chi connectivity index (χ2n) is 14.8. The van der Waals surface area contributed by atoms with Gasteiger partial charge in [-0.15, -0.1) is 0 Å². The van der Waals surface area contributed by atoms with Gasteiger partial charge in [-0.2, -0.15) is 5.26 Å².